The van der Waals surface area contributed by atoms with Crippen molar-refractivity contribution in [1.82, 2.24) is 25.1 Å². The summed E-state index contributed by atoms with van der Waals surface area (Å²) in [6.07, 6.45) is 5.54. The second-order valence-electron chi connectivity index (χ2n) is 9.03. The Morgan fingerprint density at radius 1 is 1.16 bits per heavy atom. The molecular formula is C23H33N5O2S. The summed E-state index contributed by atoms with van der Waals surface area (Å²) in [5.74, 6) is 0.376. The number of carbonyl (C=O) groups is 2. The molecule has 1 aliphatic heterocycles. The number of nitrogens with zero attached hydrogens (tertiary/aromatic N) is 3. The molecule has 1 aromatic heterocycles. The van der Waals surface area contributed by atoms with E-state index in [9.17, 15) is 9.59 Å². The molecule has 0 bridgehead atoms. The number of benzene rings is 1. The van der Waals surface area contributed by atoms with Crippen LogP contribution in [-0.2, 0) is 4.79 Å². The third-order valence-electron chi connectivity index (χ3n) is 5.30. The van der Waals surface area contributed by atoms with E-state index in [1.807, 2.05) is 61.9 Å². The maximum atomic E-state index is 12.9. The average Bonchev–Trinajstić information content (AvgIpc) is 3.16. The van der Waals surface area contributed by atoms with Crippen LogP contribution in [0.2, 0.25) is 0 Å². The van der Waals surface area contributed by atoms with Crippen LogP contribution in [0.1, 0.15) is 44.1 Å². The van der Waals surface area contributed by atoms with Gasteiger partial charge in [0.15, 0.2) is 5.16 Å². The Balaban J connectivity index is 1.52. The van der Waals surface area contributed by atoms with Crippen LogP contribution in [0, 0.1) is 5.92 Å². The molecule has 0 spiro atoms. The van der Waals surface area contributed by atoms with Crippen molar-refractivity contribution < 1.29 is 9.59 Å². The Bertz CT molecular complexity index is 883. The monoisotopic (exact) mass is 443 g/mol. The van der Waals surface area contributed by atoms with Crippen LogP contribution in [0.4, 0.5) is 0 Å². The van der Waals surface area contributed by atoms with Crippen molar-refractivity contribution >= 4 is 23.6 Å². The smallest absolute Gasteiger partial charge is 0.269 e. The Kier molecular flexibility index (Phi) is 7.78. The number of thioether (sulfide) groups is 1. The summed E-state index contributed by atoms with van der Waals surface area (Å²) in [5.41, 5.74) is 1.27. The van der Waals surface area contributed by atoms with Crippen LogP contribution in [0.15, 0.2) is 41.7 Å². The number of nitrogens with one attached hydrogen (secondary N) is 2. The molecule has 2 amide bonds. The number of imidazole rings is 1. The summed E-state index contributed by atoms with van der Waals surface area (Å²) in [6.45, 7) is 8.79. The van der Waals surface area contributed by atoms with Gasteiger partial charge in [-0.3, -0.25) is 19.1 Å². The molecule has 0 unspecified atom stereocenters. The fraction of sp³-hybridized carbons (Fsp3) is 0.522. The van der Waals surface area contributed by atoms with Crippen LogP contribution in [-0.4, -0.2) is 64.2 Å². The summed E-state index contributed by atoms with van der Waals surface area (Å²) in [4.78, 5) is 31.6. The summed E-state index contributed by atoms with van der Waals surface area (Å²) < 4.78 is 1.90. The van der Waals surface area contributed by atoms with Crippen molar-refractivity contribution in [2.75, 3.05) is 32.4 Å². The van der Waals surface area contributed by atoms with Crippen molar-refractivity contribution in [3.63, 3.8) is 0 Å². The lowest BCUT2D eigenvalue weighted by Crippen LogP contribution is -2.48. The number of carbonyl (C=O) groups excluding carboxylic acids is 2. The lowest BCUT2D eigenvalue weighted by molar-refractivity contribution is -0.124. The second-order valence-corrected chi connectivity index (χ2v) is 9.80. The van der Waals surface area contributed by atoms with Crippen LogP contribution in [0.3, 0.4) is 0 Å². The van der Waals surface area contributed by atoms with Gasteiger partial charge in [0.1, 0.15) is 5.69 Å². The predicted molar refractivity (Wildman–Crippen MR) is 125 cm³/mol. The van der Waals surface area contributed by atoms with Crippen LogP contribution in [0.25, 0.3) is 5.69 Å². The normalized spacial score (nSPS) is 15.6. The first-order chi connectivity index (χ1) is 14.8. The van der Waals surface area contributed by atoms with E-state index in [-0.39, 0.29) is 17.4 Å². The first-order valence-electron chi connectivity index (χ1n) is 10.8. The molecule has 7 nitrogen and oxygen atoms in total. The fourth-order valence-corrected chi connectivity index (χ4v) is 4.35. The topological polar surface area (TPSA) is 79.3 Å². The summed E-state index contributed by atoms with van der Waals surface area (Å²) >= 11 is 1.52. The summed E-state index contributed by atoms with van der Waals surface area (Å²) in [5, 5.41) is 6.90. The zero-order chi connectivity index (χ0) is 22.4. The quantitative estimate of drug-likeness (QED) is 0.643. The van der Waals surface area contributed by atoms with Gasteiger partial charge in [0.2, 0.25) is 5.91 Å². The van der Waals surface area contributed by atoms with Gasteiger partial charge in [-0.2, -0.15) is 0 Å². The molecule has 0 radical (unpaired) electrons. The van der Waals surface area contributed by atoms with Crippen molar-refractivity contribution in [2.24, 2.45) is 5.92 Å². The third kappa shape index (κ3) is 6.58. The molecule has 0 aliphatic carbocycles. The number of amides is 2. The van der Waals surface area contributed by atoms with Gasteiger partial charge in [-0.05, 0) is 71.0 Å². The van der Waals surface area contributed by atoms with E-state index in [1.54, 1.807) is 6.20 Å². The summed E-state index contributed by atoms with van der Waals surface area (Å²) in [6, 6.07) is 9.82. The highest BCUT2D eigenvalue weighted by atomic mass is 32.2. The van der Waals surface area contributed by atoms with Gasteiger partial charge in [-0.15, -0.1) is 0 Å². The number of para-hydroxylation sites is 1. The predicted octanol–water partition coefficient (Wildman–Crippen LogP) is 2.95. The number of hydrogen-bond donors (Lipinski definition) is 2. The maximum absolute atomic E-state index is 12.9. The Morgan fingerprint density at radius 3 is 2.45 bits per heavy atom. The fourth-order valence-electron chi connectivity index (χ4n) is 3.80. The van der Waals surface area contributed by atoms with Crippen molar-refractivity contribution in [3.05, 3.63) is 42.2 Å². The summed E-state index contributed by atoms with van der Waals surface area (Å²) in [7, 11) is 0. The molecular weight excluding hydrogens is 410 g/mol. The SMILES string of the molecule is CSc1ncc(C(=O)NCC2CCN(CC(=O)NC(C)(C)C)CC2)n1-c1ccccc1. The minimum atomic E-state index is -0.206. The van der Waals surface area contributed by atoms with Gasteiger partial charge in [0.25, 0.3) is 5.91 Å². The molecule has 0 saturated carbocycles. The van der Waals surface area contributed by atoms with E-state index in [0.717, 1.165) is 36.8 Å². The lowest BCUT2D eigenvalue weighted by Gasteiger charge is -2.32. The van der Waals surface area contributed by atoms with E-state index < -0.39 is 0 Å². The van der Waals surface area contributed by atoms with Crippen molar-refractivity contribution in [1.29, 1.82) is 0 Å². The first kappa shape index (κ1) is 23.3. The number of hydrogen-bond acceptors (Lipinski definition) is 5. The highest BCUT2D eigenvalue weighted by molar-refractivity contribution is 7.98. The molecule has 1 fully saturated rings. The lowest BCUT2D eigenvalue weighted by atomic mass is 9.96. The number of likely N-dealkylation sites (tertiary alicyclic amines) is 1. The molecule has 0 atom stereocenters. The number of piperidine rings is 1. The van der Waals surface area contributed by atoms with Crippen LogP contribution >= 0.6 is 11.8 Å². The maximum Gasteiger partial charge on any atom is 0.269 e. The van der Waals surface area contributed by atoms with Gasteiger partial charge in [0, 0.05) is 17.8 Å². The first-order valence-corrected chi connectivity index (χ1v) is 12.0. The van der Waals surface area contributed by atoms with Crippen LogP contribution < -0.4 is 10.6 Å². The molecule has 31 heavy (non-hydrogen) atoms. The molecule has 2 aromatic rings. The third-order valence-corrected chi connectivity index (χ3v) is 5.95. The number of rotatable bonds is 7. The highest BCUT2D eigenvalue weighted by Crippen LogP contribution is 2.22. The van der Waals surface area contributed by atoms with E-state index in [2.05, 4.69) is 20.5 Å². The average molecular weight is 444 g/mol. The molecule has 2 heterocycles. The Labute approximate surface area is 189 Å². The van der Waals surface area contributed by atoms with Crippen molar-refractivity contribution in [2.45, 2.75) is 44.3 Å². The second kappa shape index (κ2) is 10.3. The Morgan fingerprint density at radius 2 is 1.84 bits per heavy atom. The van der Waals surface area contributed by atoms with Gasteiger partial charge >= 0.3 is 0 Å². The molecule has 1 aliphatic rings. The van der Waals surface area contributed by atoms with Gasteiger partial charge in [-0.1, -0.05) is 30.0 Å². The van der Waals surface area contributed by atoms with Crippen LogP contribution in [0.5, 0.6) is 0 Å². The van der Waals surface area contributed by atoms with Gasteiger partial charge in [-0.25, -0.2) is 4.98 Å². The van der Waals surface area contributed by atoms with E-state index in [1.165, 1.54) is 11.8 Å². The van der Waals surface area contributed by atoms with E-state index in [4.69, 9.17) is 0 Å². The molecule has 8 heteroatoms. The minimum Gasteiger partial charge on any atom is -0.350 e. The molecule has 1 saturated heterocycles. The molecule has 3 rings (SSSR count). The van der Waals surface area contributed by atoms with Crippen molar-refractivity contribution in [3.8, 4) is 5.69 Å². The van der Waals surface area contributed by atoms with E-state index in [0.29, 0.717) is 24.7 Å². The Hall–Kier alpha value is -2.32. The molecule has 168 valence electrons. The molecule has 2 N–H and O–H groups in total. The van der Waals surface area contributed by atoms with Gasteiger partial charge in [0.05, 0.1) is 12.7 Å². The standard InChI is InChI=1S/C23H33N5O2S/c1-23(2,3)26-20(29)16-27-12-10-17(11-13-27)14-24-21(30)19-15-25-22(31-4)28(19)18-8-6-5-7-9-18/h5-9,15,17H,10-14,16H2,1-4H3,(H,24,30)(H,26,29). The minimum absolute atomic E-state index is 0.0676. The van der Waals surface area contributed by atoms with E-state index >= 15 is 0 Å². The zero-order valence-electron chi connectivity index (χ0n) is 18.9. The molecule has 1 aromatic carbocycles. The zero-order valence-corrected chi connectivity index (χ0v) is 19.7. The highest BCUT2D eigenvalue weighted by Gasteiger charge is 2.24. The largest absolute Gasteiger partial charge is 0.350 e. The van der Waals surface area contributed by atoms with Gasteiger partial charge < -0.3 is 10.6 Å². The number of aromatic nitrogens is 2.